The zero-order valence-corrected chi connectivity index (χ0v) is 21.5. The maximum atomic E-state index is 13.6. The van der Waals surface area contributed by atoms with Crippen molar-refractivity contribution in [3.05, 3.63) is 75.2 Å². The third kappa shape index (κ3) is 8.23. The molecule has 0 fully saturated rings. The molecule has 0 unspecified atom stereocenters. The van der Waals surface area contributed by atoms with Crippen molar-refractivity contribution in [3.8, 4) is 11.4 Å². The Kier molecular flexibility index (Phi) is 9.70. The minimum absolute atomic E-state index is 0.122. The smallest absolute Gasteiger partial charge is 0.416 e. The number of nitrogens with zero attached hydrogens (tertiary/aromatic N) is 3. The lowest BCUT2D eigenvalue weighted by Gasteiger charge is -2.23. The Morgan fingerprint density at radius 3 is 2.24 bits per heavy atom. The Balaban J connectivity index is 1.95. The van der Waals surface area contributed by atoms with Crippen molar-refractivity contribution in [2.24, 2.45) is 0 Å². The Labute approximate surface area is 232 Å². The lowest BCUT2D eigenvalue weighted by atomic mass is 9.97. The largest absolute Gasteiger partial charge is 0.465 e. The predicted octanol–water partition coefficient (Wildman–Crippen LogP) is 3.82. The van der Waals surface area contributed by atoms with Gasteiger partial charge in [-0.3, -0.25) is 9.36 Å². The van der Waals surface area contributed by atoms with Crippen LogP contribution in [0.1, 0.15) is 23.6 Å². The average molecular weight is 610 g/mol. The number of benzene rings is 2. The molecule has 10 nitrogen and oxygen atoms in total. The molecule has 1 aromatic heterocycles. The quantitative estimate of drug-likeness (QED) is 0.258. The second kappa shape index (κ2) is 12.6. The monoisotopic (exact) mass is 609 g/mol. The molecule has 0 aliphatic carbocycles. The molecule has 1 heterocycles. The van der Waals surface area contributed by atoms with Crippen LogP contribution in [0, 0.1) is 0 Å². The molecule has 0 radical (unpaired) electrons. The second-order valence-corrected chi connectivity index (χ2v) is 9.10. The molecule has 4 N–H and O–H groups in total. The predicted molar refractivity (Wildman–Crippen MR) is 132 cm³/mol. The number of aliphatic hydroxyl groups excluding tert-OH is 1. The van der Waals surface area contributed by atoms with Crippen molar-refractivity contribution in [1.82, 2.24) is 25.0 Å². The van der Waals surface area contributed by atoms with Crippen molar-refractivity contribution in [2.75, 3.05) is 6.54 Å². The van der Waals surface area contributed by atoms with E-state index in [0.29, 0.717) is 9.25 Å². The highest BCUT2D eigenvalue weighted by Gasteiger charge is 2.39. The van der Waals surface area contributed by atoms with Gasteiger partial charge in [0.15, 0.2) is 11.9 Å². The van der Waals surface area contributed by atoms with Gasteiger partial charge in [-0.05, 0) is 42.3 Å². The fraction of sp³-hybridized carbons (Fsp3) is 0.333. The van der Waals surface area contributed by atoms with Gasteiger partial charge in [-0.1, -0.05) is 29.8 Å². The van der Waals surface area contributed by atoms with Crippen LogP contribution in [0.4, 0.5) is 31.1 Å². The standard InChI is InChI=1S/C24H22ClF6N5O5/c25-14-7-5-13(6-8-14)20-34-36(22(41)35(20)11-18(37)24(29,30)31)12-19(38)33-17(9-10-32-21(39)40)15-3-1-2-4-16(15)23(26,27)28/h1-8,17-18,32,37H,9-12H2,(H,33,38)(H,39,40)/t17-,18-/m0/s1. The molecule has 17 heteroatoms. The number of rotatable bonds is 10. The minimum atomic E-state index is -5.08. The summed E-state index contributed by atoms with van der Waals surface area (Å²) in [6, 6.07) is 8.30. The first-order valence-corrected chi connectivity index (χ1v) is 12.1. The van der Waals surface area contributed by atoms with Gasteiger partial charge in [-0.15, -0.1) is 5.10 Å². The summed E-state index contributed by atoms with van der Waals surface area (Å²) in [6.45, 7) is -2.53. The first-order valence-electron chi connectivity index (χ1n) is 11.7. The zero-order valence-electron chi connectivity index (χ0n) is 20.7. The van der Waals surface area contributed by atoms with Gasteiger partial charge >= 0.3 is 24.1 Å². The molecule has 3 aromatic rings. The number of carbonyl (C=O) groups excluding carboxylic acids is 1. The van der Waals surface area contributed by atoms with Crippen LogP contribution in [0.15, 0.2) is 53.3 Å². The molecular weight excluding hydrogens is 588 g/mol. The molecule has 0 spiro atoms. The first kappa shape index (κ1) is 31.5. The summed E-state index contributed by atoms with van der Waals surface area (Å²) in [5, 5.41) is 26.9. The van der Waals surface area contributed by atoms with E-state index in [-0.39, 0.29) is 34.9 Å². The second-order valence-electron chi connectivity index (χ2n) is 8.66. The van der Waals surface area contributed by atoms with E-state index in [2.05, 4.69) is 10.4 Å². The number of aromatic nitrogens is 3. The van der Waals surface area contributed by atoms with E-state index < -0.39 is 60.8 Å². The van der Waals surface area contributed by atoms with Gasteiger partial charge < -0.3 is 20.8 Å². The first-order chi connectivity index (χ1) is 19.1. The number of hydrogen-bond acceptors (Lipinski definition) is 5. The summed E-state index contributed by atoms with van der Waals surface area (Å²) >= 11 is 5.84. The van der Waals surface area contributed by atoms with Crippen LogP contribution in [0.5, 0.6) is 0 Å². The number of amides is 2. The lowest BCUT2D eigenvalue weighted by molar-refractivity contribution is -0.207. The van der Waals surface area contributed by atoms with E-state index in [1.54, 1.807) is 0 Å². The van der Waals surface area contributed by atoms with Crippen LogP contribution in [0.3, 0.4) is 0 Å². The molecular formula is C24H22ClF6N5O5. The number of nitrogens with one attached hydrogen (secondary N) is 2. The zero-order chi connectivity index (χ0) is 30.5. The summed E-state index contributed by atoms with van der Waals surface area (Å²) in [5.74, 6) is -1.39. The Bertz CT molecular complexity index is 1440. The number of carbonyl (C=O) groups is 2. The molecule has 222 valence electrons. The third-order valence-corrected chi connectivity index (χ3v) is 5.99. The van der Waals surface area contributed by atoms with Crippen LogP contribution in [-0.4, -0.2) is 55.4 Å². The van der Waals surface area contributed by atoms with E-state index in [1.165, 1.54) is 30.3 Å². The molecule has 3 rings (SSSR count). The molecule has 0 saturated carbocycles. The SMILES string of the molecule is O=C(O)NCC[C@H](NC(=O)Cn1nc(-c2ccc(Cl)cc2)n(C[C@H](O)C(F)(F)F)c1=O)c1ccccc1C(F)(F)F. The highest BCUT2D eigenvalue weighted by atomic mass is 35.5. The average Bonchev–Trinajstić information content (AvgIpc) is 3.17. The number of hydrogen-bond donors (Lipinski definition) is 4. The summed E-state index contributed by atoms with van der Waals surface area (Å²) in [7, 11) is 0. The summed E-state index contributed by atoms with van der Waals surface area (Å²) < 4.78 is 81.0. The fourth-order valence-electron chi connectivity index (χ4n) is 3.86. The van der Waals surface area contributed by atoms with Crippen LogP contribution >= 0.6 is 11.6 Å². The van der Waals surface area contributed by atoms with E-state index in [9.17, 15) is 45.8 Å². The van der Waals surface area contributed by atoms with E-state index in [1.807, 2.05) is 5.32 Å². The van der Waals surface area contributed by atoms with E-state index >= 15 is 0 Å². The summed E-state index contributed by atoms with van der Waals surface area (Å²) in [4.78, 5) is 36.7. The van der Waals surface area contributed by atoms with E-state index in [0.717, 1.165) is 18.2 Å². The Morgan fingerprint density at radius 2 is 1.66 bits per heavy atom. The number of carboxylic acid groups (broad SMARTS) is 1. The minimum Gasteiger partial charge on any atom is -0.465 e. The summed E-state index contributed by atoms with van der Waals surface area (Å²) in [6.07, 6.45) is -14.6. The highest BCUT2D eigenvalue weighted by Crippen LogP contribution is 2.35. The molecule has 2 atom stereocenters. The van der Waals surface area contributed by atoms with Crippen molar-refractivity contribution >= 4 is 23.6 Å². The van der Waals surface area contributed by atoms with Gasteiger partial charge in [0.05, 0.1) is 18.2 Å². The number of aliphatic hydroxyl groups is 1. The van der Waals surface area contributed by atoms with E-state index in [4.69, 9.17) is 16.7 Å². The van der Waals surface area contributed by atoms with Crippen molar-refractivity contribution in [2.45, 2.75) is 44.0 Å². The van der Waals surface area contributed by atoms with Crippen molar-refractivity contribution < 1.29 is 46.1 Å². The molecule has 2 amide bonds. The molecule has 41 heavy (non-hydrogen) atoms. The van der Waals surface area contributed by atoms with Crippen molar-refractivity contribution in [1.29, 1.82) is 0 Å². The molecule has 0 aliphatic heterocycles. The topological polar surface area (TPSA) is 138 Å². The van der Waals surface area contributed by atoms with Crippen LogP contribution in [-0.2, 0) is 24.1 Å². The van der Waals surface area contributed by atoms with Gasteiger partial charge in [0.25, 0.3) is 0 Å². The Morgan fingerprint density at radius 1 is 1.02 bits per heavy atom. The van der Waals surface area contributed by atoms with Gasteiger partial charge in [0.2, 0.25) is 5.91 Å². The maximum Gasteiger partial charge on any atom is 0.416 e. The Hall–Kier alpha value is -4.05. The third-order valence-electron chi connectivity index (χ3n) is 5.74. The molecule has 0 aliphatic rings. The van der Waals surface area contributed by atoms with Crippen molar-refractivity contribution in [3.63, 3.8) is 0 Å². The van der Waals surface area contributed by atoms with Crippen LogP contribution in [0.2, 0.25) is 5.02 Å². The highest BCUT2D eigenvalue weighted by molar-refractivity contribution is 6.30. The normalized spacial score (nSPS) is 13.5. The van der Waals surface area contributed by atoms with Crippen LogP contribution < -0.4 is 16.3 Å². The number of alkyl halides is 6. The summed E-state index contributed by atoms with van der Waals surface area (Å²) in [5.41, 5.74) is -2.56. The maximum absolute atomic E-state index is 13.6. The molecule has 0 saturated heterocycles. The van der Waals surface area contributed by atoms with Crippen LogP contribution in [0.25, 0.3) is 11.4 Å². The number of halogens is 7. The lowest BCUT2D eigenvalue weighted by Crippen LogP contribution is -2.39. The van der Waals surface area contributed by atoms with Gasteiger partial charge in [0, 0.05) is 17.1 Å². The molecule has 0 bridgehead atoms. The van der Waals surface area contributed by atoms with Gasteiger partial charge in [0.1, 0.15) is 6.54 Å². The van der Waals surface area contributed by atoms with Gasteiger partial charge in [-0.25, -0.2) is 14.3 Å². The fourth-order valence-corrected chi connectivity index (χ4v) is 3.99. The molecule has 2 aromatic carbocycles. The van der Waals surface area contributed by atoms with Gasteiger partial charge in [-0.2, -0.15) is 26.3 Å².